The predicted molar refractivity (Wildman–Crippen MR) is 119 cm³/mol. The maximum atomic E-state index is 13.3. The number of halogens is 2. The van der Waals surface area contributed by atoms with Crippen LogP contribution in [0.1, 0.15) is 45.2 Å². The zero-order valence-corrected chi connectivity index (χ0v) is 18.8. The summed E-state index contributed by atoms with van der Waals surface area (Å²) in [6, 6.07) is 14.0. The summed E-state index contributed by atoms with van der Waals surface area (Å²) >= 11 is 12.4. The number of rotatable bonds is 7. The number of benzene rings is 2. The van der Waals surface area contributed by atoms with E-state index in [1.54, 1.807) is 23.1 Å². The van der Waals surface area contributed by atoms with Gasteiger partial charge in [0.25, 0.3) is 0 Å². The normalized spacial score (nSPS) is 12.3. The first-order chi connectivity index (χ1) is 13.6. The van der Waals surface area contributed by atoms with E-state index < -0.39 is 11.6 Å². The number of hydrogen-bond acceptors (Lipinski definition) is 2. The Balaban J connectivity index is 2.34. The standard InChI is InChI=1S/C23H28Cl2N2O2/c1-5-20(22(29)26-23(2,3)4)27(15-17-10-6-7-12-19(17)25)21(28)14-16-9-8-11-18(24)13-16/h6-13,20H,5,14-15H2,1-4H3,(H,26,29)/t20-/m1/s1. The van der Waals surface area contributed by atoms with Crippen molar-refractivity contribution in [1.29, 1.82) is 0 Å². The van der Waals surface area contributed by atoms with Crippen molar-refractivity contribution in [3.05, 3.63) is 69.7 Å². The Bertz CT molecular complexity index is 862. The summed E-state index contributed by atoms with van der Waals surface area (Å²) in [4.78, 5) is 27.8. The monoisotopic (exact) mass is 434 g/mol. The fourth-order valence-corrected chi connectivity index (χ4v) is 3.51. The summed E-state index contributed by atoms with van der Waals surface area (Å²) in [6.07, 6.45) is 0.651. The molecule has 156 valence electrons. The van der Waals surface area contributed by atoms with E-state index in [1.165, 1.54) is 0 Å². The third kappa shape index (κ3) is 7.06. The number of nitrogens with one attached hydrogen (secondary N) is 1. The third-order valence-electron chi connectivity index (χ3n) is 4.43. The summed E-state index contributed by atoms with van der Waals surface area (Å²) in [5.74, 6) is -0.324. The Hall–Kier alpha value is -2.04. The van der Waals surface area contributed by atoms with Gasteiger partial charge >= 0.3 is 0 Å². The van der Waals surface area contributed by atoms with Gasteiger partial charge < -0.3 is 10.2 Å². The average Bonchev–Trinajstić information content (AvgIpc) is 2.61. The molecule has 0 aromatic heterocycles. The van der Waals surface area contributed by atoms with E-state index in [4.69, 9.17) is 23.2 Å². The minimum absolute atomic E-state index is 0.150. The van der Waals surface area contributed by atoms with Gasteiger partial charge in [-0.15, -0.1) is 0 Å². The van der Waals surface area contributed by atoms with Gasteiger partial charge in [0, 0.05) is 22.1 Å². The lowest BCUT2D eigenvalue weighted by Gasteiger charge is -2.33. The van der Waals surface area contributed by atoms with Crippen LogP contribution in [0.15, 0.2) is 48.5 Å². The van der Waals surface area contributed by atoms with Crippen molar-refractivity contribution in [1.82, 2.24) is 10.2 Å². The minimum atomic E-state index is -0.600. The van der Waals surface area contributed by atoms with Crippen LogP contribution in [0, 0.1) is 0 Å². The van der Waals surface area contributed by atoms with Crippen molar-refractivity contribution < 1.29 is 9.59 Å². The van der Waals surface area contributed by atoms with E-state index >= 15 is 0 Å². The van der Waals surface area contributed by atoms with E-state index in [9.17, 15) is 9.59 Å². The molecule has 0 saturated heterocycles. The summed E-state index contributed by atoms with van der Waals surface area (Å²) in [5.41, 5.74) is 1.21. The lowest BCUT2D eigenvalue weighted by atomic mass is 10.0. The van der Waals surface area contributed by atoms with Crippen molar-refractivity contribution >= 4 is 35.0 Å². The van der Waals surface area contributed by atoms with Gasteiger partial charge in [-0.2, -0.15) is 0 Å². The van der Waals surface area contributed by atoms with Crippen LogP contribution >= 0.6 is 23.2 Å². The SMILES string of the molecule is CC[C@H](C(=O)NC(C)(C)C)N(Cc1ccccc1Cl)C(=O)Cc1cccc(Cl)c1. The molecule has 0 fully saturated rings. The molecular formula is C23H28Cl2N2O2. The molecular weight excluding hydrogens is 407 g/mol. The highest BCUT2D eigenvalue weighted by molar-refractivity contribution is 6.31. The lowest BCUT2D eigenvalue weighted by Crippen LogP contribution is -2.53. The molecule has 29 heavy (non-hydrogen) atoms. The molecule has 4 nitrogen and oxygen atoms in total. The van der Waals surface area contributed by atoms with Gasteiger partial charge in [0.1, 0.15) is 6.04 Å². The molecule has 2 aromatic rings. The predicted octanol–water partition coefficient (Wildman–Crippen LogP) is 5.26. The quantitative estimate of drug-likeness (QED) is 0.645. The van der Waals surface area contributed by atoms with Crippen LogP contribution in [0.25, 0.3) is 0 Å². The smallest absolute Gasteiger partial charge is 0.243 e. The highest BCUT2D eigenvalue weighted by atomic mass is 35.5. The highest BCUT2D eigenvalue weighted by Gasteiger charge is 2.31. The lowest BCUT2D eigenvalue weighted by molar-refractivity contribution is -0.141. The number of nitrogens with zero attached hydrogens (tertiary/aromatic N) is 1. The number of carbonyl (C=O) groups is 2. The van der Waals surface area contributed by atoms with Gasteiger partial charge in [-0.1, -0.05) is 60.5 Å². The second-order valence-electron chi connectivity index (χ2n) is 8.08. The first kappa shape index (κ1) is 23.2. The molecule has 2 rings (SSSR count). The Labute approximate surface area is 183 Å². The first-order valence-corrected chi connectivity index (χ1v) is 10.5. The second-order valence-corrected chi connectivity index (χ2v) is 8.93. The van der Waals surface area contributed by atoms with Crippen LogP contribution in [0.4, 0.5) is 0 Å². The number of hydrogen-bond donors (Lipinski definition) is 1. The van der Waals surface area contributed by atoms with E-state index in [0.717, 1.165) is 11.1 Å². The van der Waals surface area contributed by atoms with E-state index in [0.29, 0.717) is 16.5 Å². The van der Waals surface area contributed by atoms with Gasteiger partial charge in [-0.05, 0) is 56.5 Å². The molecule has 0 aliphatic rings. The molecule has 2 aromatic carbocycles. The molecule has 0 unspecified atom stereocenters. The molecule has 0 aliphatic carbocycles. The Morgan fingerprint density at radius 3 is 2.34 bits per heavy atom. The summed E-state index contributed by atoms with van der Waals surface area (Å²) in [6.45, 7) is 7.92. The minimum Gasteiger partial charge on any atom is -0.350 e. The Kier molecular flexibility index (Phi) is 8.12. The second kappa shape index (κ2) is 10.1. The average molecular weight is 435 g/mol. The first-order valence-electron chi connectivity index (χ1n) is 9.70. The van der Waals surface area contributed by atoms with Gasteiger partial charge in [-0.25, -0.2) is 0 Å². The molecule has 6 heteroatoms. The summed E-state index contributed by atoms with van der Waals surface area (Å²) in [5, 5.41) is 4.14. The third-order valence-corrected chi connectivity index (χ3v) is 5.03. The fourth-order valence-electron chi connectivity index (χ4n) is 3.11. The molecule has 0 spiro atoms. The van der Waals surface area contributed by atoms with Crippen LogP contribution in [-0.2, 0) is 22.6 Å². The van der Waals surface area contributed by atoms with Crippen LogP contribution in [0.2, 0.25) is 10.0 Å². The van der Waals surface area contributed by atoms with E-state index in [2.05, 4.69) is 5.32 Å². The van der Waals surface area contributed by atoms with Crippen LogP contribution < -0.4 is 5.32 Å². The maximum absolute atomic E-state index is 13.3. The molecule has 0 radical (unpaired) electrons. The van der Waals surface area contributed by atoms with Crippen molar-refractivity contribution in [2.75, 3.05) is 0 Å². The van der Waals surface area contributed by atoms with Gasteiger partial charge in [-0.3, -0.25) is 9.59 Å². The van der Waals surface area contributed by atoms with Crippen LogP contribution in [-0.4, -0.2) is 28.3 Å². The molecule has 1 atom stereocenters. The zero-order chi connectivity index (χ0) is 21.6. The molecule has 0 heterocycles. The van der Waals surface area contributed by atoms with Crippen molar-refractivity contribution in [3.63, 3.8) is 0 Å². The highest BCUT2D eigenvalue weighted by Crippen LogP contribution is 2.21. The summed E-state index contributed by atoms with van der Waals surface area (Å²) in [7, 11) is 0. The largest absolute Gasteiger partial charge is 0.350 e. The van der Waals surface area contributed by atoms with E-state index in [1.807, 2.05) is 58.0 Å². The van der Waals surface area contributed by atoms with E-state index in [-0.39, 0.29) is 24.8 Å². The van der Waals surface area contributed by atoms with Crippen molar-refractivity contribution in [2.45, 2.75) is 58.7 Å². The van der Waals surface area contributed by atoms with Crippen molar-refractivity contribution in [3.8, 4) is 0 Å². The summed E-state index contributed by atoms with van der Waals surface area (Å²) < 4.78 is 0. The van der Waals surface area contributed by atoms with Crippen LogP contribution in [0.5, 0.6) is 0 Å². The molecule has 2 amide bonds. The zero-order valence-electron chi connectivity index (χ0n) is 17.3. The molecule has 0 bridgehead atoms. The number of carbonyl (C=O) groups excluding carboxylic acids is 2. The molecule has 1 N–H and O–H groups in total. The molecule has 0 saturated carbocycles. The van der Waals surface area contributed by atoms with Gasteiger partial charge in [0.2, 0.25) is 11.8 Å². The Morgan fingerprint density at radius 1 is 1.07 bits per heavy atom. The number of amides is 2. The maximum Gasteiger partial charge on any atom is 0.243 e. The van der Waals surface area contributed by atoms with Crippen molar-refractivity contribution in [2.24, 2.45) is 0 Å². The topological polar surface area (TPSA) is 49.4 Å². The van der Waals surface area contributed by atoms with Gasteiger partial charge in [0.15, 0.2) is 0 Å². The molecule has 0 aliphatic heterocycles. The van der Waals surface area contributed by atoms with Crippen LogP contribution in [0.3, 0.4) is 0 Å². The Morgan fingerprint density at radius 2 is 1.76 bits per heavy atom. The van der Waals surface area contributed by atoms with Gasteiger partial charge in [0.05, 0.1) is 6.42 Å². The fraction of sp³-hybridized carbons (Fsp3) is 0.391.